The summed E-state index contributed by atoms with van der Waals surface area (Å²) >= 11 is 4.87. The van der Waals surface area contributed by atoms with Crippen LogP contribution in [0.4, 0.5) is 0 Å². The SMILES string of the molecule is COC1CN(C(=O)c2ccc(C(N)=S)cn2)CCC1C. The van der Waals surface area contributed by atoms with Crippen LogP contribution >= 0.6 is 12.2 Å². The minimum Gasteiger partial charge on any atom is -0.389 e. The molecule has 2 N–H and O–H groups in total. The van der Waals surface area contributed by atoms with Crippen LogP contribution < -0.4 is 5.73 Å². The molecule has 0 aliphatic carbocycles. The minimum atomic E-state index is -0.0755. The Hall–Kier alpha value is -1.53. The summed E-state index contributed by atoms with van der Waals surface area (Å²) in [4.78, 5) is 18.6. The van der Waals surface area contributed by atoms with Gasteiger partial charge in [0.25, 0.3) is 5.91 Å². The first-order chi connectivity index (χ1) is 9.52. The molecule has 1 amide bonds. The molecule has 2 heterocycles. The number of hydrogen-bond donors (Lipinski definition) is 1. The van der Waals surface area contributed by atoms with Gasteiger partial charge in [-0.15, -0.1) is 0 Å². The highest BCUT2D eigenvalue weighted by Crippen LogP contribution is 2.20. The Balaban J connectivity index is 2.09. The molecule has 0 radical (unpaired) electrons. The fraction of sp³-hybridized carbons (Fsp3) is 0.500. The first kappa shape index (κ1) is 14.9. The van der Waals surface area contributed by atoms with E-state index < -0.39 is 0 Å². The van der Waals surface area contributed by atoms with Crippen LogP contribution in [0.15, 0.2) is 18.3 Å². The third-order valence-electron chi connectivity index (χ3n) is 3.75. The zero-order valence-electron chi connectivity index (χ0n) is 11.7. The summed E-state index contributed by atoms with van der Waals surface area (Å²) in [5, 5.41) is 0. The smallest absolute Gasteiger partial charge is 0.272 e. The van der Waals surface area contributed by atoms with Gasteiger partial charge >= 0.3 is 0 Å². The van der Waals surface area contributed by atoms with E-state index in [-0.39, 0.29) is 17.0 Å². The number of nitrogens with two attached hydrogens (primary N) is 1. The molecule has 1 aromatic heterocycles. The van der Waals surface area contributed by atoms with Gasteiger partial charge in [-0.05, 0) is 24.5 Å². The highest BCUT2D eigenvalue weighted by molar-refractivity contribution is 7.80. The summed E-state index contributed by atoms with van der Waals surface area (Å²) in [5.41, 5.74) is 6.59. The number of pyridine rings is 1. The summed E-state index contributed by atoms with van der Waals surface area (Å²) in [6.45, 7) is 3.49. The van der Waals surface area contributed by atoms with E-state index in [0.29, 0.717) is 23.7 Å². The number of amides is 1. The molecule has 1 aromatic rings. The van der Waals surface area contributed by atoms with Crippen molar-refractivity contribution in [3.05, 3.63) is 29.6 Å². The van der Waals surface area contributed by atoms with Crippen molar-refractivity contribution in [1.82, 2.24) is 9.88 Å². The van der Waals surface area contributed by atoms with Crippen LogP contribution in [0.2, 0.25) is 0 Å². The maximum Gasteiger partial charge on any atom is 0.272 e. The lowest BCUT2D eigenvalue weighted by molar-refractivity contribution is -0.00177. The Labute approximate surface area is 124 Å². The van der Waals surface area contributed by atoms with E-state index in [1.54, 1.807) is 24.1 Å². The Morgan fingerprint density at radius 1 is 1.55 bits per heavy atom. The molecule has 2 atom stereocenters. The van der Waals surface area contributed by atoms with Gasteiger partial charge in [-0.1, -0.05) is 19.1 Å². The monoisotopic (exact) mass is 293 g/mol. The Morgan fingerprint density at radius 3 is 2.85 bits per heavy atom. The zero-order chi connectivity index (χ0) is 14.7. The number of aromatic nitrogens is 1. The number of nitrogens with zero attached hydrogens (tertiary/aromatic N) is 2. The average Bonchev–Trinajstić information content (AvgIpc) is 2.47. The van der Waals surface area contributed by atoms with Crippen molar-refractivity contribution in [2.45, 2.75) is 19.4 Å². The van der Waals surface area contributed by atoms with Crippen molar-refractivity contribution in [2.75, 3.05) is 20.2 Å². The molecule has 5 nitrogen and oxygen atoms in total. The predicted octanol–water partition coefficient (Wildman–Crippen LogP) is 1.21. The molecular weight excluding hydrogens is 274 g/mol. The lowest BCUT2D eigenvalue weighted by Crippen LogP contribution is -2.46. The molecule has 0 spiro atoms. The molecule has 1 aliphatic heterocycles. The van der Waals surface area contributed by atoms with Gasteiger partial charge in [0.2, 0.25) is 0 Å². The second-order valence-electron chi connectivity index (χ2n) is 5.09. The van der Waals surface area contributed by atoms with Gasteiger partial charge in [-0.25, -0.2) is 0 Å². The third kappa shape index (κ3) is 3.13. The van der Waals surface area contributed by atoms with Crippen LogP contribution in [0.25, 0.3) is 0 Å². The van der Waals surface area contributed by atoms with Crippen LogP contribution in [0.1, 0.15) is 29.4 Å². The number of hydrogen-bond acceptors (Lipinski definition) is 4. The number of methoxy groups -OCH3 is 1. The molecular formula is C14H19N3O2S. The lowest BCUT2D eigenvalue weighted by Gasteiger charge is -2.36. The van der Waals surface area contributed by atoms with Crippen molar-refractivity contribution in [2.24, 2.45) is 11.7 Å². The Kier molecular flexibility index (Phi) is 4.67. The van der Waals surface area contributed by atoms with E-state index in [4.69, 9.17) is 22.7 Å². The average molecular weight is 293 g/mol. The topological polar surface area (TPSA) is 68.5 Å². The maximum absolute atomic E-state index is 12.4. The van der Waals surface area contributed by atoms with Gasteiger partial charge in [0, 0.05) is 32.0 Å². The van der Waals surface area contributed by atoms with Crippen LogP contribution in [0.3, 0.4) is 0 Å². The van der Waals surface area contributed by atoms with Gasteiger partial charge < -0.3 is 15.4 Å². The van der Waals surface area contributed by atoms with Gasteiger partial charge in [-0.2, -0.15) is 0 Å². The van der Waals surface area contributed by atoms with Crippen molar-refractivity contribution >= 4 is 23.1 Å². The van der Waals surface area contributed by atoms with E-state index in [9.17, 15) is 4.79 Å². The number of carbonyl (C=O) groups is 1. The van der Waals surface area contributed by atoms with E-state index in [2.05, 4.69) is 11.9 Å². The Bertz CT molecular complexity index is 504. The number of thiocarbonyl (C=S) groups is 1. The molecule has 0 saturated carbocycles. The van der Waals surface area contributed by atoms with Crippen LogP contribution in [-0.4, -0.2) is 47.1 Å². The van der Waals surface area contributed by atoms with Crippen molar-refractivity contribution in [3.63, 3.8) is 0 Å². The van der Waals surface area contributed by atoms with Gasteiger partial charge in [0.15, 0.2) is 0 Å². The maximum atomic E-state index is 12.4. The third-order valence-corrected chi connectivity index (χ3v) is 3.98. The fourth-order valence-electron chi connectivity index (χ4n) is 2.35. The first-order valence-electron chi connectivity index (χ1n) is 6.61. The summed E-state index contributed by atoms with van der Waals surface area (Å²) < 4.78 is 5.42. The zero-order valence-corrected chi connectivity index (χ0v) is 12.5. The van der Waals surface area contributed by atoms with E-state index in [1.807, 2.05) is 0 Å². The molecule has 20 heavy (non-hydrogen) atoms. The number of carbonyl (C=O) groups excluding carboxylic acids is 1. The second-order valence-corrected chi connectivity index (χ2v) is 5.53. The van der Waals surface area contributed by atoms with Gasteiger partial charge in [0.05, 0.1) is 6.10 Å². The first-order valence-corrected chi connectivity index (χ1v) is 7.01. The fourth-order valence-corrected chi connectivity index (χ4v) is 2.47. The van der Waals surface area contributed by atoms with Crippen molar-refractivity contribution < 1.29 is 9.53 Å². The quantitative estimate of drug-likeness (QED) is 0.849. The summed E-state index contributed by atoms with van der Waals surface area (Å²) in [7, 11) is 1.68. The van der Waals surface area contributed by atoms with Crippen molar-refractivity contribution in [1.29, 1.82) is 0 Å². The molecule has 1 aliphatic rings. The van der Waals surface area contributed by atoms with Crippen LogP contribution in [0, 0.1) is 5.92 Å². The van der Waals surface area contributed by atoms with Gasteiger partial charge in [-0.3, -0.25) is 9.78 Å². The number of likely N-dealkylation sites (tertiary alicyclic amines) is 1. The molecule has 6 heteroatoms. The Morgan fingerprint density at radius 2 is 2.30 bits per heavy atom. The minimum absolute atomic E-state index is 0.0755. The van der Waals surface area contributed by atoms with Gasteiger partial charge in [0.1, 0.15) is 10.7 Å². The molecule has 0 aromatic carbocycles. The molecule has 2 unspecified atom stereocenters. The highest BCUT2D eigenvalue weighted by Gasteiger charge is 2.29. The van der Waals surface area contributed by atoms with Crippen molar-refractivity contribution in [3.8, 4) is 0 Å². The molecule has 2 rings (SSSR count). The van der Waals surface area contributed by atoms with E-state index in [1.165, 1.54) is 6.20 Å². The summed E-state index contributed by atoms with van der Waals surface area (Å²) in [6, 6.07) is 3.39. The molecule has 1 fully saturated rings. The summed E-state index contributed by atoms with van der Waals surface area (Å²) in [5.74, 6) is 0.391. The summed E-state index contributed by atoms with van der Waals surface area (Å²) in [6.07, 6.45) is 2.56. The van der Waals surface area contributed by atoms with Crippen LogP contribution in [0.5, 0.6) is 0 Å². The lowest BCUT2D eigenvalue weighted by atomic mass is 9.95. The largest absolute Gasteiger partial charge is 0.389 e. The van der Waals surface area contributed by atoms with Crippen LogP contribution in [-0.2, 0) is 4.74 Å². The standard InChI is InChI=1S/C14H19N3O2S/c1-9-5-6-17(8-12(9)19-2)14(18)11-4-3-10(7-16-11)13(15)20/h3-4,7,9,12H,5-6,8H2,1-2H3,(H2,15,20). The molecule has 108 valence electrons. The highest BCUT2D eigenvalue weighted by atomic mass is 32.1. The number of rotatable bonds is 3. The molecule has 1 saturated heterocycles. The number of piperidine rings is 1. The predicted molar refractivity (Wildman–Crippen MR) is 80.6 cm³/mol. The van der Waals surface area contributed by atoms with E-state index >= 15 is 0 Å². The normalized spacial score (nSPS) is 22.6. The second kappa shape index (κ2) is 6.28. The number of ether oxygens (including phenoxy) is 1. The molecule has 0 bridgehead atoms. The van der Waals surface area contributed by atoms with E-state index in [0.717, 1.165) is 13.0 Å².